The van der Waals surface area contributed by atoms with Crippen LogP contribution in [0.25, 0.3) is 22.1 Å². The van der Waals surface area contributed by atoms with Crippen LogP contribution in [0.15, 0.2) is 45.8 Å². The van der Waals surface area contributed by atoms with Gasteiger partial charge in [-0.3, -0.25) is 4.79 Å². The Kier molecular flexibility index (Phi) is 3.57. The Morgan fingerprint density at radius 2 is 1.70 bits per heavy atom. The van der Waals surface area contributed by atoms with Crippen molar-refractivity contribution in [1.82, 2.24) is 0 Å². The summed E-state index contributed by atoms with van der Waals surface area (Å²) >= 11 is 0. The van der Waals surface area contributed by atoms with E-state index < -0.39 is 16.9 Å². The van der Waals surface area contributed by atoms with E-state index >= 15 is 0 Å². The van der Waals surface area contributed by atoms with Gasteiger partial charge in [-0.15, -0.1) is 0 Å². The number of methoxy groups -OCH3 is 2. The minimum absolute atomic E-state index is 0.0235. The summed E-state index contributed by atoms with van der Waals surface area (Å²) in [4.78, 5) is 12.7. The molecule has 0 atom stereocenters. The summed E-state index contributed by atoms with van der Waals surface area (Å²) in [6.45, 7) is 0. The van der Waals surface area contributed by atoms with Gasteiger partial charge in [-0.05, 0) is 17.7 Å². The average molecular weight is 314 g/mol. The molecule has 1 heterocycles. The van der Waals surface area contributed by atoms with Crippen molar-refractivity contribution in [1.29, 1.82) is 0 Å². The van der Waals surface area contributed by atoms with Crippen molar-refractivity contribution in [3.05, 3.63) is 46.8 Å². The van der Waals surface area contributed by atoms with Gasteiger partial charge < -0.3 is 24.1 Å². The van der Waals surface area contributed by atoms with Gasteiger partial charge in [0.1, 0.15) is 23.0 Å². The predicted molar refractivity (Wildman–Crippen MR) is 84.4 cm³/mol. The van der Waals surface area contributed by atoms with Crippen LogP contribution in [0.4, 0.5) is 0 Å². The van der Waals surface area contributed by atoms with Gasteiger partial charge in [0.2, 0.25) is 11.2 Å². The number of fused-ring (bicyclic) bond motifs is 1. The molecule has 0 radical (unpaired) electrons. The van der Waals surface area contributed by atoms with E-state index in [0.29, 0.717) is 11.3 Å². The minimum atomic E-state index is -0.566. The van der Waals surface area contributed by atoms with E-state index in [-0.39, 0.29) is 22.3 Å². The summed E-state index contributed by atoms with van der Waals surface area (Å²) < 4.78 is 15.4. The molecule has 0 unspecified atom stereocenters. The molecular formula is C17H14O6. The first kappa shape index (κ1) is 14.8. The highest BCUT2D eigenvalue weighted by molar-refractivity contribution is 5.91. The van der Waals surface area contributed by atoms with Crippen LogP contribution in [0, 0.1) is 0 Å². The molecular weight excluding hydrogens is 300 g/mol. The van der Waals surface area contributed by atoms with E-state index in [2.05, 4.69) is 0 Å². The Bertz CT molecular complexity index is 924. The Morgan fingerprint density at radius 3 is 2.30 bits per heavy atom. The highest BCUT2D eigenvalue weighted by Gasteiger charge is 2.19. The van der Waals surface area contributed by atoms with Gasteiger partial charge in [0, 0.05) is 6.07 Å². The lowest BCUT2D eigenvalue weighted by molar-refractivity contribution is 0.352. The molecule has 3 aromatic rings. The fraction of sp³-hybridized carbons (Fsp3) is 0.118. The molecule has 23 heavy (non-hydrogen) atoms. The molecule has 6 heteroatoms. The van der Waals surface area contributed by atoms with Crippen molar-refractivity contribution in [2.24, 2.45) is 0 Å². The standard InChI is InChI=1S/C17H14O6/c1-21-10-5-3-9(4-6-10)11-8-23-12-7-13(22-2)16(19)17(20)14(12)15(11)18/h3-8,19-20H,1-2H3. The molecule has 0 amide bonds. The Balaban J connectivity index is 2.26. The molecule has 118 valence electrons. The zero-order valence-electron chi connectivity index (χ0n) is 12.5. The smallest absolute Gasteiger partial charge is 0.204 e. The summed E-state index contributed by atoms with van der Waals surface area (Å²) in [5.74, 6) is -0.387. The minimum Gasteiger partial charge on any atom is -0.504 e. The third kappa shape index (κ3) is 2.34. The van der Waals surface area contributed by atoms with Crippen LogP contribution in [0.3, 0.4) is 0 Å². The van der Waals surface area contributed by atoms with Gasteiger partial charge >= 0.3 is 0 Å². The van der Waals surface area contributed by atoms with E-state index in [1.165, 1.54) is 19.4 Å². The highest BCUT2D eigenvalue weighted by Crippen LogP contribution is 2.40. The van der Waals surface area contributed by atoms with E-state index in [4.69, 9.17) is 13.9 Å². The fourth-order valence-electron chi connectivity index (χ4n) is 2.36. The number of ether oxygens (including phenoxy) is 2. The van der Waals surface area contributed by atoms with E-state index in [1.807, 2.05) is 0 Å². The predicted octanol–water partition coefficient (Wildman–Crippen LogP) is 2.89. The van der Waals surface area contributed by atoms with E-state index in [9.17, 15) is 15.0 Å². The summed E-state index contributed by atoms with van der Waals surface area (Å²) in [5, 5.41) is 19.9. The van der Waals surface area contributed by atoms with Crippen LogP contribution < -0.4 is 14.9 Å². The van der Waals surface area contributed by atoms with Gasteiger partial charge in [-0.1, -0.05) is 12.1 Å². The summed E-state index contributed by atoms with van der Waals surface area (Å²) in [6.07, 6.45) is 1.31. The van der Waals surface area contributed by atoms with Crippen LogP contribution in [-0.2, 0) is 0 Å². The van der Waals surface area contributed by atoms with Gasteiger partial charge in [-0.25, -0.2) is 0 Å². The summed E-state index contributed by atoms with van der Waals surface area (Å²) in [5.41, 5.74) is 0.544. The quantitative estimate of drug-likeness (QED) is 0.723. The van der Waals surface area contributed by atoms with Gasteiger partial charge in [0.15, 0.2) is 11.5 Å². The number of phenolic OH excluding ortho intramolecular Hbond substituents is 2. The second kappa shape index (κ2) is 5.57. The van der Waals surface area contributed by atoms with Crippen molar-refractivity contribution in [2.45, 2.75) is 0 Å². The lowest BCUT2D eigenvalue weighted by atomic mass is 10.0. The number of phenols is 2. The monoisotopic (exact) mass is 314 g/mol. The Labute approximate surface area is 131 Å². The number of hydrogen-bond donors (Lipinski definition) is 2. The molecule has 0 saturated carbocycles. The second-order valence-electron chi connectivity index (χ2n) is 4.86. The maximum atomic E-state index is 12.7. The van der Waals surface area contributed by atoms with Crippen molar-refractivity contribution < 1.29 is 24.1 Å². The first-order chi connectivity index (χ1) is 11.1. The van der Waals surface area contributed by atoms with Crippen LogP contribution in [-0.4, -0.2) is 24.4 Å². The van der Waals surface area contributed by atoms with Gasteiger partial charge in [0.05, 0.1) is 19.8 Å². The first-order valence-electron chi connectivity index (χ1n) is 6.75. The number of benzene rings is 2. The van der Waals surface area contributed by atoms with E-state index in [0.717, 1.165) is 0 Å². The Morgan fingerprint density at radius 1 is 1.00 bits per heavy atom. The van der Waals surface area contributed by atoms with Crippen molar-refractivity contribution in [2.75, 3.05) is 14.2 Å². The maximum Gasteiger partial charge on any atom is 0.204 e. The molecule has 1 aromatic heterocycles. The lowest BCUT2D eigenvalue weighted by Gasteiger charge is -2.09. The van der Waals surface area contributed by atoms with Crippen LogP contribution >= 0.6 is 0 Å². The fourth-order valence-corrected chi connectivity index (χ4v) is 2.36. The number of aromatic hydroxyl groups is 2. The summed E-state index contributed by atoms with van der Waals surface area (Å²) in [6, 6.07) is 8.19. The average Bonchev–Trinajstić information content (AvgIpc) is 2.58. The third-order valence-corrected chi connectivity index (χ3v) is 3.60. The molecule has 0 fully saturated rings. The maximum absolute atomic E-state index is 12.7. The van der Waals surface area contributed by atoms with Crippen LogP contribution in [0.2, 0.25) is 0 Å². The summed E-state index contributed by atoms with van der Waals surface area (Å²) in [7, 11) is 2.89. The second-order valence-corrected chi connectivity index (χ2v) is 4.86. The third-order valence-electron chi connectivity index (χ3n) is 3.60. The van der Waals surface area contributed by atoms with Gasteiger partial charge in [-0.2, -0.15) is 0 Å². The SMILES string of the molecule is COc1ccc(-c2coc3cc(OC)c(O)c(O)c3c2=O)cc1. The lowest BCUT2D eigenvalue weighted by Crippen LogP contribution is -2.05. The molecule has 2 aromatic carbocycles. The van der Waals surface area contributed by atoms with Crippen molar-refractivity contribution in [3.63, 3.8) is 0 Å². The molecule has 0 aliphatic carbocycles. The van der Waals surface area contributed by atoms with Gasteiger partial charge in [0.25, 0.3) is 0 Å². The Hall–Kier alpha value is -3.15. The largest absolute Gasteiger partial charge is 0.504 e. The van der Waals surface area contributed by atoms with Crippen LogP contribution in [0.5, 0.6) is 23.0 Å². The molecule has 3 rings (SSSR count). The molecule has 0 aliphatic heterocycles. The molecule has 0 saturated heterocycles. The number of hydrogen-bond acceptors (Lipinski definition) is 6. The molecule has 0 aliphatic rings. The number of rotatable bonds is 3. The molecule has 0 bridgehead atoms. The van der Waals surface area contributed by atoms with Crippen LogP contribution in [0.1, 0.15) is 0 Å². The van der Waals surface area contributed by atoms with Crippen molar-refractivity contribution in [3.8, 4) is 34.1 Å². The zero-order chi connectivity index (χ0) is 16.6. The van der Waals surface area contributed by atoms with E-state index in [1.54, 1.807) is 31.4 Å². The van der Waals surface area contributed by atoms with Crippen molar-refractivity contribution >= 4 is 11.0 Å². The molecule has 0 spiro atoms. The highest BCUT2D eigenvalue weighted by atomic mass is 16.5. The normalized spacial score (nSPS) is 10.7. The zero-order valence-corrected chi connectivity index (χ0v) is 12.5. The molecule has 2 N–H and O–H groups in total. The molecule has 6 nitrogen and oxygen atoms in total. The first-order valence-corrected chi connectivity index (χ1v) is 6.75. The topological polar surface area (TPSA) is 89.1 Å².